The van der Waals surface area contributed by atoms with Crippen LogP contribution in [0.15, 0.2) is 5.38 Å². The quantitative estimate of drug-likeness (QED) is 0.659. The Balaban J connectivity index is 2.25. The Morgan fingerprint density at radius 3 is 2.90 bits per heavy atom. The van der Waals surface area contributed by atoms with E-state index in [-0.39, 0.29) is 5.91 Å². The lowest BCUT2D eigenvalue weighted by atomic mass is 10.5. The van der Waals surface area contributed by atoms with Crippen molar-refractivity contribution in [3.8, 4) is 0 Å². The maximum Gasteiger partial charge on any atom is 0.225 e. The molecule has 114 valence electrons. The molecule has 0 aliphatic heterocycles. The number of carbonyl (C=O) groups excluding carboxylic acids is 1. The van der Waals surface area contributed by atoms with Gasteiger partial charge in [0.25, 0.3) is 0 Å². The highest BCUT2D eigenvalue weighted by Crippen LogP contribution is 2.20. The number of hydrogen-bond donors (Lipinski definition) is 1. The molecule has 0 atom stereocenters. The van der Waals surface area contributed by atoms with E-state index in [0.29, 0.717) is 32.9 Å². The van der Waals surface area contributed by atoms with Crippen molar-refractivity contribution in [1.29, 1.82) is 0 Å². The van der Waals surface area contributed by atoms with Gasteiger partial charge in [0.05, 0.1) is 25.5 Å². The maximum atomic E-state index is 11.4. The number of carbonyl (C=O) groups is 1. The zero-order chi connectivity index (χ0) is 14.8. The van der Waals surface area contributed by atoms with Gasteiger partial charge in [0.2, 0.25) is 5.91 Å². The average Bonchev–Trinajstić information content (AvgIpc) is 2.87. The Morgan fingerprint density at radius 2 is 2.25 bits per heavy atom. The van der Waals surface area contributed by atoms with Crippen molar-refractivity contribution in [3.05, 3.63) is 11.1 Å². The van der Waals surface area contributed by atoms with Gasteiger partial charge in [0.1, 0.15) is 0 Å². The van der Waals surface area contributed by atoms with Crippen molar-refractivity contribution in [2.24, 2.45) is 0 Å². The predicted molar refractivity (Wildman–Crippen MR) is 80.2 cm³/mol. The molecule has 1 aromatic rings. The number of rotatable bonds is 10. The molecule has 0 saturated carbocycles. The van der Waals surface area contributed by atoms with Crippen molar-refractivity contribution in [2.75, 3.05) is 44.9 Å². The summed E-state index contributed by atoms with van der Waals surface area (Å²) in [5.74, 6) is 0.0212. The minimum absolute atomic E-state index is 0.0212. The van der Waals surface area contributed by atoms with Gasteiger partial charge in [-0.05, 0) is 6.92 Å². The summed E-state index contributed by atoms with van der Waals surface area (Å²) in [4.78, 5) is 17.5. The number of aromatic nitrogens is 1. The summed E-state index contributed by atoms with van der Waals surface area (Å²) >= 11 is 1.49. The van der Waals surface area contributed by atoms with Crippen LogP contribution in [0.5, 0.6) is 0 Å². The van der Waals surface area contributed by atoms with Crippen molar-refractivity contribution < 1.29 is 14.3 Å². The lowest BCUT2D eigenvalue weighted by Gasteiger charge is -2.14. The summed E-state index contributed by atoms with van der Waals surface area (Å²) in [6.45, 7) is 7.47. The minimum Gasteiger partial charge on any atom is -0.382 e. The lowest BCUT2D eigenvalue weighted by molar-refractivity contribution is -0.116. The fourth-order valence-electron chi connectivity index (χ4n) is 1.60. The zero-order valence-corrected chi connectivity index (χ0v) is 13.2. The lowest BCUT2D eigenvalue weighted by Crippen LogP contribution is -2.27. The number of amides is 1. The van der Waals surface area contributed by atoms with E-state index in [1.54, 1.807) is 18.9 Å². The molecule has 0 unspecified atom stereocenters. The summed E-state index contributed by atoms with van der Waals surface area (Å²) in [6, 6.07) is 0. The molecule has 1 aromatic heterocycles. The summed E-state index contributed by atoms with van der Waals surface area (Å²) in [5, 5.41) is 5.98. The number of thiazole rings is 1. The standard InChI is InChI=1S/C13H23N3O3S/c1-4-16(11(2)17)13-15-12(10-20-13)9-14-5-6-19-8-7-18-3/h10,14H,4-9H2,1-3H3. The van der Waals surface area contributed by atoms with Crippen molar-refractivity contribution in [3.63, 3.8) is 0 Å². The van der Waals surface area contributed by atoms with E-state index in [1.165, 1.54) is 11.3 Å². The molecule has 0 radical (unpaired) electrons. The Hall–Kier alpha value is -1.02. The van der Waals surface area contributed by atoms with E-state index in [1.807, 2.05) is 12.3 Å². The molecule has 1 rings (SSSR count). The highest BCUT2D eigenvalue weighted by Gasteiger charge is 2.12. The van der Waals surface area contributed by atoms with E-state index >= 15 is 0 Å². The van der Waals surface area contributed by atoms with E-state index in [0.717, 1.165) is 17.4 Å². The SMILES string of the molecule is CCN(C(C)=O)c1nc(CNCCOCCOC)cs1. The van der Waals surface area contributed by atoms with Crippen LogP contribution in [-0.4, -0.2) is 50.9 Å². The highest BCUT2D eigenvalue weighted by molar-refractivity contribution is 7.14. The normalized spacial score (nSPS) is 10.8. The van der Waals surface area contributed by atoms with Crippen molar-refractivity contribution in [1.82, 2.24) is 10.3 Å². The van der Waals surface area contributed by atoms with Crippen LogP contribution in [0.2, 0.25) is 0 Å². The highest BCUT2D eigenvalue weighted by atomic mass is 32.1. The van der Waals surface area contributed by atoms with Crippen LogP contribution in [-0.2, 0) is 20.8 Å². The third-order valence-electron chi connectivity index (χ3n) is 2.63. The number of anilines is 1. The fourth-order valence-corrected chi connectivity index (χ4v) is 2.53. The third kappa shape index (κ3) is 5.96. The Bertz CT molecular complexity index is 398. The summed E-state index contributed by atoms with van der Waals surface area (Å²) in [7, 11) is 1.65. The molecule has 1 N–H and O–H groups in total. The Morgan fingerprint density at radius 1 is 1.45 bits per heavy atom. The van der Waals surface area contributed by atoms with Gasteiger partial charge >= 0.3 is 0 Å². The van der Waals surface area contributed by atoms with Crippen molar-refractivity contribution >= 4 is 22.4 Å². The van der Waals surface area contributed by atoms with Crippen LogP contribution in [0.1, 0.15) is 19.5 Å². The van der Waals surface area contributed by atoms with Gasteiger partial charge in [-0.2, -0.15) is 0 Å². The number of hydrogen-bond acceptors (Lipinski definition) is 6. The van der Waals surface area contributed by atoms with Crippen molar-refractivity contribution in [2.45, 2.75) is 20.4 Å². The fraction of sp³-hybridized carbons (Fsp3) is 0.692. The summed E-state index contributed by atoms with van der Waals surface area (Å²) < 4.78 is 10.2. The Kier molecular flexibility index (Phi) is 8.36. The predicted octanol–water partition coefficient (Wildman–Crippen LogP) is 1.27. The molecule has 0 saturated heterocycles. The van der Waals surface area contributed by atoms with Crippen LogP contribution in [0, 0.1) is 0 Å². The number of nitrogens with one attached hydrogen (secondary N) is 1. The molecular formula is C13H23N3O3S. The molecule has 0 aliphatic rings. The third-order valence-corrected chi connectivity index (χ3v) is 3.54. The first-order valence-electron chi connectivity index (χ1n) is 6.69. The van der Waals surface area contributed by atoms with Gasteiger partial charge in [0.15, 0.2) is 5.13 Å². The first-order valence-corrected chi connectivity index (χ1v) is 7.56. The molecule has 0 aliphatic carbocycles. The van der Waals surface area contributed by atoms with Crippen LogP contribution >= 0.6 is 11.3 Å². The van der Waals surface area contributed by atoms with Crippen LogP contribution < -0.4 is 10.2 Å². The molecule has 0 fully saturated rings. The summed E-state index contributed by atoms with van der Waals surface area (Å²) in [6.07, 6.45) is 0. The summed E-state index contributed by atoms with van der Waals surface area (Å²) in [5.41, 5.74) is 0.946. The van der Waals surface area contributed by atoms with E-state index in [9.17, 15) is 4.79 Å². The van der Waals surface area contributed by atoms with Crippen LogP contribution in [0.25, 0.3) is 0 Å². The van der Waals surface area contributed by atoms with Gasteiger partial charge in [-0.25, -0.2) is 4.98 Å². The first-order chi connectivity index (χ1) is 9.69. The smallest absolute Gasteiger partial charge is 0.225 e. The second-order valence-corrected chi connectivity index (χ2v) is 5.00. The molecule has 0 bridgehead atoms. The van der Waals surface area contributed by atoms with E-state index in [2.05, 4.69) is 10.3 Å². The maximum absolute atomic E-state index is 11.4. The topological polar surface area (TPSA) is 63.7 Å². The van der Waals surface area contributed by atoms with E-state index < -0.39 is 0 Å². The molecule has 1 heterocycles. The molecule has 7 heteroatoms. The second kappa shape index (κ2) is 9.82. The van der Waals surface area contributed by atoms with Gasteiger partial charge < -0.3 is 14.8 Å². The van der Waals surface area contributed by atoms with Crippen LogP contribution in [0.4, 0.5) is 5.13 Å². The van der Waals surface area contributed by atoms with E-state index in [4.69, 9.17) is 9.47 Å². The monoisotopic (exact) mass is 301 g/mol. The van der Waals surface area contributed by atoms with Gasteiger partial charge in [-0.15, -0.1) is 11.3 Å². The molecule has 0 spiro atoms. The molecule has 1 amide bonds. The van der Waals surface area contributed by atoms with Gasteiger partial charge in [-0.1, -0.05) is 0 Å². The number of ether oxygens (including phenoxy) is 2. The minimum atomic E-state index is 0.0212. The molecule has 0 aromatic carbocycles. The number of nitrogens with zero attached hydrogens (tertiary/aromatic N) is 2. The molecule has 6 nitrogen and oxygen atoms in total. The average molecular weight is 301 g/mol. The largest absolute Gasteiger partial charge is 0.382 e. The van der Waals surface area contributed by atoms with Crippen LogP contribution in [0.3, 0.4) is 0 Å². The number of methoxy groups -OCH3 is 1. The van der Waals surface area contributed by atoms with Gasteiger partial charge in [0, 0.05) is 39.0 Å². The molecular weight excluding hydrogens is 278 g/mol. The zero-order valence-electron chi connectivity index (χ0n) is 12.3. The first kappa shape index (κ1) is 17.0. The van der Waals surface area contributed by atoms with Gasteiger partial charge in [-0.3, -0.25) is 9.69 Å². The Labute approximate surface area is 124 Å². The molecule has 20 heavy (non-hydrogen) atoms. The second-order valence-electron chi connectivity index (χ2n) is 4.17.